The molecule has 74 valence electrons. The maximum absolute atomic E-state index is 9.57. The summed E-state index contributed by atoms with van der Waals surface area (Å²) in [4.78, 5) is 3.08. The van der Waals surface area contributed by atoms with Crippen LogP contribution in [0.5, 0.6) is 5.75 Å². The third-order valence-corrected chi connectivity index (χ3v) is 2.48. The minimum Gasteiger partial charge on any atom is -0.506 e. The van der Waals surface area contributed by atoms with Gasteiger partial charge in [0, 0.05) is 16.8 Å². The van der Waals surface area contributed by atoms with Crippen LogP contribution in [0.2, 0.25) is 0 Å². The first-order valence-corrected chi connectivity index (χ1v) is 5.16. The molecule has 0 unspecified atom stereocenters. The number of hydrogen-bond donors (Lipinski definition) is 3. The first-order valence-electron chi connectivity index (χ1n) is 4.64. The van der Waals surface area contributed by atoms with Gasteiger partial charge in [-0.05, 0) is 18.1 Å². The van der Waals surface area contributed by atoms with Crippen LogP contribution in [0.1, 0.15) is 12.5 Å². The Morgan fingerprint density at radius 1 is 1.50 bits per heavy atom. The van der Waals surface area contributed by atoms with Crippen molar-refractivity contribution in [2.45, 2.75) is 18.6 Å². The summed E-state index contributed by atoms with van der Waals surface area (Å²) in [5, 5.41) is 11.0. The van der Waals surface area contributed by atoms with Crippen LogP contribution in [0.3, 0.4) is 0 Å². The lowest BCUT2D eigenvalue weighted by atomic mass is 10.1. The molecule has 0 spiro atoms. The van der Waals surface area contributed by atoms with E-state index in [4.69, 9.17) is 0 Å². The number of para-hydroxylation sites is 1. The van der Waals surface area contributed by atoms with Crippen molar-refractivity contribution in [3.8, 4) is 5.75 Å². The van der Waals surface area contributed by atoms with Gasteiger partial charge < -0.3 is 10.1 Å². The Labute approximate surface area is 88.4 Å². The molecule has 0 saturated carbocycles. The second-order valence-electron chi connectivity index (χ2n) is 3.57. The Morgan fingerprint density at radius 3 is 3.00 bits per heavy atom. The molecule has 0 fully saturated rings. The molecule has 0 radical (unpaired) electrons. The molecule has 14 heavy (non-hydrogen) atoms. The normalized spacial score (nSPS) is 13.3. The molecule has 2 N–H and O–H groups in total. The fourth-order valence-corrected chi connectivity index (χ4v) is 1.88. The van der Waals surface area contributed by atoms with E-state index in [2.05, 4.69) is 24.5 Å². The molecule has 1 heterocycles. The number of H-pyrrole nitrogens is 1. The van der Waals surface area contributed by atoms with E-state index >= 15 is 0 Å². The van der Waals surface area contributed by atoms with Crippen LogP contribution in [-0.4, -0.2) is 15.3 Å². The van der Waals surface area contributed by atoms with Crippen molar-refractivity contribution in [3.05, 3.63) is 30.0 Å². The number of aromatic hydroxyl groups is 1. The summed E-state index contributed by atoms with van der Waals surface area (Å²) >= 11 is 4.36. The van der Waals surface area contributed by atoms with Gasteiger partial charge in [0.2, 0.25) is 0 Å². The summed E-state index contributed by atoms with van der Waals surface area (Å²) in [5.41, 5.74) is 2.02. The van der Waals surface area contributed by atoms with E-state index in [1.165, 1.54) is 5.56 Å². The number of aromatic nitrogens is 1. The summed E-state index contributed by atoms with van der Waals surface area (Å²) in [6.07, 6.45) is 2.85. The van der Waals surface area contributed by atoms with Gasteiger partial charge in [-0.15, -0.1) is 0 Å². The van der Waals surface area contributed by atoms with Gasteiger partial charge in [-0.1, -0.05) is 19.1 Å². The zero-order valence-electron chi connectivity index (χ0n) is 7.99. The number of nitrogens with one attached hydrogen (secondary N) is 1. The maximum Gasteiger partial charge on any atom is 0.139 e. The van der Waals surface area contributed by atoms with Gasteiger partial charge >= 0.3 is 0 Å². The Balaban J connectivity index is 2.52. The van der Waals surface area contributed by atoms with E-state index in [1.807, 2.05) is 18.3 Å². The van der Waals surface area contributed by atoms with Gasteiger partial charge in [0.15, 0.2) is 0 Å². The van der Waals surface area contributed by atoms with Crippen molar-refractivity contribution in [1.82, 2.24) is 4.98 Å². The highest BCUT2D eigenvalue weighted by Crippen LogP contribution is 2.27. The summed E-state index contributed by atoms with van der Waals surface area (Å²) in [6.45, 7) is 2.06. The van der Waals surface area contributed by atoms with Crippen LogP contribution in [-0.2, 0) is 6.42 Å². The second kappa shape index (κ2) is 3.58. The molecule has 1 aromatic carbocycles. The summed E-state index contributed by atoms with van der Waals surface area (Å²) in [7, 11) is 0. The largest absolute Gasteiger partial charge is 0.506 e. The van der Waals surface area contributed by atoms with E-state index in [0.29, 0.717) is 11.0 Å². The van der Waals surface area contributed by atoms with Crippen molar-refractivity contribution >= 4 is 23.5 Å². The van der Waals surface area contributed by atoms with Crippen molar-refractivity contribution in [3.63, 3.8) is 0 Å². The first kappa shape index (κ1) is 9.46. The molecule has 0 amide bonds. The van der Waals surface area contributed by atoms with E-state index in [9.17, 15) is 5.11 Å². The number of phenols is 1. The summed E-state index contributed by atoms with van der Waals surface area (Å²) < 4.78 is 0. The number of aromatic amines is 1. The highest BCUT2D eigenvalue weighted by Gasteiger charge is 2.07. The van der Waals surface area contributed by atoms with Crippen molar-refractivity contribution < 1.29 is 5.11 Å². The highest BCUT2D eigenvalue weighted by atomic mass is 32.1. The maximum atomic E-state index is 9.57. The molecule has 0 aliphatic carbocycles. The quantitative estimate of drug-likeness (QED) is 0.651. The molecule has 1 atom stereocenters. The van der Waals surface area contributed by atoms with E-state index < -0.39 is 0 Å². The lowest BCUT2D eigenvalue weighted by molar-refractivity contribution is 0.480. The van der Waals surface area contributed by atoms with Gasteiger partial charge in [-0.25, -0.2) is 0 Å². The number of thiol groups is 1. The van der Waals surface area contributed by atoms with Crippen molar-refractivity contribution in [2.24, 2.45) is 0 Å². The number of fused-ring (bicyclic) bond motifs is 1. The van der Waals surface area contributed by atoms with E-state index in [0.717, 1.165) is 17.3 Å². The average Bonchev–Trinajstić information content (AvgIpc) is 2.49. The summed E-state index contributed by atoms with van der Waals surface area (Å²) in [5.74, 6) is 0.306. The molecule has 0 bridgehead atoms. The monoisotopic (exact) mass is 207 g/mol. The van der Waals surface area contributed by atoms with Gasteiger partial charge in [0.1, 0.15) is 5.75 Å². The van der Waals surface area contributed by atoms with Crippen LogP contribution in [0.4, 0.5) is 0 Å². The van der Waals surface area contributed by atoms with Crippen LogP contribution < -0.4 is 0 Å². The van der Waals surface area contributed by atoms with Crippen LogP contribution >= 0.6 is 12.6 Å². The SMILES string of the molecule is C[C@@H](S)Cc1c[nH]c2c(O)cccc12. The zero-order chi connectivity index (χ0) is 10.1. The van der Waals surface area contributed by atoms with Gasteiger partial charge in [-0.3, -0.25) is 0 Å². The van der Waals surface area contributed by atoms with Crippen LogP contribution in [0.25, 0.3) is 10.9 Å². The lowest BCUT2D eigenvalue weighted by Crippen LogP contribution is -1.95. The molecule has 2 nitrogen and oxygen atoms in total. The molecule has 2 aromatic rings. The molecule has 0 aliphatic heterocycles. The molecule has 0 saturated heterocycles. The topological polar surface area (TPSA) is 36.0 Å². The fourth-order valence-electron chi connectivity index (χ4n) is 1.68. The number of hydrogen-bond acceptors (Lipinski definition) is 2. The van der Waals surface area contributed by atoms with Crippen LogP contribution in [0.15, 0.2) is 24.4 Å². The molecule has 3 heteroatoms. The van der Waals surface area contributed by atoms with Gasteiger partial charge in [0.25, 0.3) is 0 Å². The summed E-state index contributed by atoms with van der Waals surface area (Å²) in [6, 6.07) is 5.56. The molecule has 0 aliphatic rings. The Bertz CT molecular complexity index is 447. The van der Waals surface area contributed by atoms with E-state index in [1.54, 1.807) is 6.07 Å². The zero-order valence-corrected chi connectivity index (χ0v) is 8.88. The highest BCUT2D eigenvalue weighted by molar-refractivity contribution is 7.80. The Morgan fingerprint density at radius 2 is 2.29 bits per heavy atom. The fraction of sp³-hybridized carbons (Fsp3) is 0.273. The smallest absolute Gasteiger partial charge is 0.139 e. The molecular formula is C11H13NOS. The number of benzene rings is 1. The predicted octanol–water partition coefficient (Wildman–Crippen LogP) is 2.73. The van der Waals surface area contributed by atoms with Gasteiger partial charge in [-0.2, -0.15) is 12.6 Å². The standard InChI is InChI=1S/C11H13NOS/c1-7(14)5-8-6-12-11-9(8)3-2-4-10(11)13/h2-4,6-7,12-14H,5H2,1H3/t7-/m1/s1. The second-order valence-corrected chi connectivity index (χ2v) is 4.45. The first-order chi connectivity index (χ1) is 6.68. The van der Waals surface area contributed by atoms with E-state index in [-0.39, 0.29) is 0 Å². The Kier molecular flexibility index (Phi) is 2.42. The molecule has 2 rings (SSSR count). The lowest BCUT2D eigenvalue weighted by Gasteiger charge is -2.02. The third kappa shape index (κ3) is 1.60. The average molecular weight is 207 g/mol. The number of rotatable bonds is 2. The predicted molar refractivity (Wildman–Crippen MR) is 62.1 cm³/mol. The molecular weight excluding hydrogens is 194 g/mol. The minimum atomic E-state index is 0.306. The number of phenolic OH excluding ortho intramolecular Hbond substituents is 1. The van der Waals surface area contributed by atoms with Crippen LogP contribution in [0, 0.1) is 0 Å². The molecule has 1 aromatic heterocycles. The third-order valence-electron chi connectivity index (χ3n) is 2.29. The van der Waals surface area contributed by atoms with Gasteiger partial charge in [0.05, 0.1) is 5.52 Å². The van der Waals surface area contributed by atoms with Crippen molar-refractivity contribution in [2.75, 3.05) is 0 Å². The minimum absolute atomic E-state index is 0.306. The Hall–Kier alpha value is -1.09. The van der Waals surface area contributed by atoms with Crippen molar-refractivity contribution in [1.29, 1.82) is 0 Å².